The summed E-state index contributed by atoms with van der Waals surface area (Å²) in [5, 5.41) is 4.76. The monoisotopic (exact) mass is 258 g/mol. The molecule has 0 aromatic carbocycles. The third-order valence-electron chi connectivity index (χ3n) is 3.30. The van der Waals surface area contributed by atoms with Gasteiger partial charge in [0, 0.05) is 28.3 Å². The fourth-order valence-corrected chi connectivity index (χ4v) is 2.33. The number of carbonyl (C=O) groups is 3. The number of nitrogens with one attached hydrogen (secondary N) is 2. The van der Waals surface area contributed by atoms with Crippen molar-refractivity contribution in [2.24, 2.45) is 0 Å². The number of urea groups is 2. The quantitative estimate of drug-likeness (QED) is 0.625. The van der Waals surface area contributed by atoms with Crippen LogP contribution in [-0.4, -0.2) is 67.7 Å². The molecule has 2 N–H and O–H groups in total. The maximum absolute atomic E-state index is 12.2. The minimum Gasteiger partial charge on any atom is -0.345 e. The number of nitrogens with zero attached hydrogens (tertiary/aromatic N) is 2. The summed E-state index contributed by atoms with van der Waals surface area (Å²) in [6.45, 7) is 0. The van der Waals surface area contributed by atoms with Gasteiger partial charge in [-0.3, -0.25) is 25.2 Å². The summed E-state index contributed by atoms with van der Waals surface area (Å²) in [5.74, 6) is -2.42. The maximum Gasteiger partial charge on any atom is 0.330 e. The zero-order chi connectivity index (χ0) is 13.7. The van der Waals surface area contributed by atoms with Crippen molar-refractivity contribution in [2.45, 2.75) is 11.6 Å². The summed E-state index contributed by atoms with van der Waals surface area (Å²) >= 11 is 0. The molecular weight excluding hydrogens is 244 g/mol. The van der Waals surface area contributed by atoms with E-state index in [0.717, 1.165) is 9.80 Å². The van der Waals surface area contributed by atoms with Crippen molar-refractivity contribution in [2.75, 3.05) is 28.3 Å². The van der Waals surface area contributed by atoms with E-state index in [0.29, 0.717) is 0 Å². The highest BCUT2D eigenvalue weighted by atomic mass is 16.6. The van der Waals surface area contributed by atoms with Gasteiger partial charge in [-0.05, 0) is 0 Å². The Morgan fingerprint density at radius 2 is 1.67 bits per heavy atom. The Labute approximate surface area is 103 Å². The van der Waals surface area contributed by atoms with Crippen LogP contribution in [0.2, 0.25) is 0 Å². The van der Waals surface area contributed by atoms with Gasteiger partial charge in [-0.1, -0.05) is 0 Å². The Bertz CT molecular complexity index is 441. The molecule has 2 aliphatic heterocycles. The third kappa shape index (κ3) is 1.10. The topological polar surface area (TPSA) is 100 Å². The van der Waals surface area contributed by atoms with Crippen molar-refractivity contribution in [1.82, 2.24) is 20.4 Å². The molecule has 0 bridgehead atoms. The first-order chi connectivity index (χ1) is 8.36. The van der Waals surface area contributed by atoms with Crippen LogP contribution in [-0.2, 0) is 14.3 Å². The highest BCUT2D eigenvalue weighted by Crippen LogP contribution is 2.37. The van der Waals surface area contributed by atoms with E-state index >= 15 is 0 Å². The van der Waals surface area contributed by atoms with E-state index in [1.807, 2.05) is 0 Å². The van der Waals surface area contributed by atoms with Gasteiger partial charge in [-0.15, -0.1) is 0 Å². The average Bonchev–Trinajstić information content (AvgIpc) is 2.68. The summed E-state index contributed by atoms with van der Waals surface area (Å²) in [6.07, 6.45) is 0. The first-order valence-electron chi connectivity index (χ1n) is 5.13. The van der Waals surface area contributed by atoms with Crippen LogP contribution in [0.4, 0.5) is 9.59 Å². The Kier molecular flexibility index (Phi) is 2.49. The van der Waals surface area contributed by atoms with Gasteiger partial charge >= 0.3 is 12.1 Å². The number of amides is 5. The lowest BCUT2D eigenvalue weighted by Crippen LogP contribution is -2.81. The summed E-state index contributed by atoms with van der Waals surface area (Å²) in [6, 6.07) is -1.28. The second-order valence-corrected chi connectivity index (χ2v) is 4.02. The van der Waals surface area contributed by atoms with Crippen LogP contribution in [0.15, 0.2) is 0 Å². The number of hydrogen-bond donors (Lipinski definition) is 2. The molecule has 2 rings (SSSR count). The number of likely N-dealkylation sites (N-methyl/N-ethyl adjacent to an activating group) is 2. The van der Waals surface area contributed by atoms with E-state index in [-0.39, 0.29) is 0 Å². The fourth-order valence-electron chi connectivity index (χ4n) is 2.33. The molecule has 2 atom stereocenters. The molecule has 2 heterocycles. The number of imide groups is 1. The van der Waals surface area contributed by atoms with Gasteiger partial charge in [-0.2, -0.15) is 0 Å². The molecule has 0 aliphatic carbocycles. The molecule has 0 saturated carbocycles. The van der Waals surface area contributed by atoms with E-state index in [1.165, 1.54) is 28.3 Å². The highest BCUT2D eigenvalue weighted by Gasteiger charge is 2.73. The van der Waals surface area contributed by atoms with E-state index < -0.39 is 29.5 Å². The zero-order valence-corrected chi connectivity index (χ0v) is 10.4. The van der Waals surface area contributed by atoms with Crippen molar-refractivity contribution in [3.63, 3.8) is 0 Å². The van der Waals surface area contributed by atoms with Crippen molar-refractivity contribution in [1.29, 1.82) is 0 Å². The molecular formula is C9H14N4O5. The predicted molar refractivity (Wildman–Crippen MR) is 57.1 cm³/mol. The Morgan fingerprint density at radius 3 is 2.17 bits per heavy atom. The highest BCUT2D eigenvalue weighted by molar-refractivity contribution is 6.06. The Balaban J connectivity index is 2.64. The smallest absolute Gasteiger partial charge is 0.330 e. The van der Waals surface area contributed by atoms with Crippen LogP contribution in [0.1, 0.15) is 0 Å². The van der Waals surface area contributed by atoms with Gasteiger partial charge in [-0.25, -0.2) is 9.59 Å². The van der Waals surface area contributed by atoms with Gasteiger partial charge < -0.3 is 9.47 Å². The number of carbonyl (C=O) groups excluding carboxylic acids is 3. The molecule has 9 heteroatoms. The molecule has 100 valence electrons. The second kappa shape index (κ2) is 3.56. The molecule has 0 aromatic rings. The van der Waals surface area contributed by atoms with Crippen LogP contribution in [0.25, 0.3) is 0 Å². The van der Waals surface area contributed by atoms with Crippen LogP contribution < -0.4 is 10.6 Å². The summed E-state index contributed by atoms with van der Waals surface area (Å²) in [5.41, 5.74) is -1.81. The molecule has 0 unspecified atom stereocenters. The fraction of sp³-hybridized carbons (Fsp3) is 0.667. The lowest BCUT2D eigenvalue weighted by atomic mass is 10.0. The first kappa shape index (κ1) is 12.6. The Morgan fingerprint density at radius 1 is 1.06 bits per heavy atom. The zero-order valence-electron chi connectivity index (χ0n) is 10.4. The third-order valence-corrected chi connectivity index (χ3v) is 3.30. The molecule has 0 radical (unpaired) electrons. The SMILES string of the molecule is CO[C@]12NC(=O)N[C@@]1(OC)N(C)C(=O)N(C)C2=O. The first-order valence-corrected chi connectivity index (χ1v) is 5.13. The van der Waals surface area contributed by atoms with Gasteiger partial charge in [0.25, 0.3) is 17.5 Å². The van der Waals surface area contributed by atoms with Crippen molar-refractivity contribution < 1.29 is 23.9 Å². The number of fused-ring (bicyclic) bond motifs is 1. The van der Waals surface area contributed by atoms with Gasteiger partial charge in [0.2, 0.25) is 0 Å². The molecule has 2 aliphatic rings. The average molecular weight is 258 g/mol. The van der Waals surface area contributed by atoms with E-state index in [1.54, 1.807) is 0 Å². The van der Waals surface area contributed by atoms with Crippen LogP contribution in [0.3, 0.4) is 0 Å². The number of rotatable bonds is 2. The standard InChI is InChI=1S/C9H14N4O5/c1-12-5(14)8(17-3)9(18-4,11-6(15)10-8)13(2)7(12)16/h1-4H3,(H2,10,11,15)/t8-,9+/m0/s1. The van der Waals surface area contributed by atoms with E-state index in [9.17, 15) is 14.4 Å². The number of methoxy groups -OCH3 is 2. The molecule has 9 nitrogen and oxygen atoms in total. The summed E-state index contributed by atoms with van der Waals surface area (Å²) < 4.78 is 10.4. The maximum atomic E-state index is 12.2. The molecule has 18 heavy (non-hydrogen) atoms. The predicted octanol–water partition coefficient (Wildman–Crippen LogP) is -1.53. The minimum absolute atomic E-state index is 0.612. The van der Waals surface area contributed by atoms with Crippen LogP contribution in [0, 0.1) is 0 Å². The molecule has 2 fully saturated rings. The van der Waals surface area contributed by atoms with Gasteiger partial charge in [0.1, 0.15) is 0 Å². The molecule has 0 aromatic heterocycles. The molecule has 2 saturated heterocycles. The summed E-state index contributed by atoms with van der Waals surface area (Å²) in [7, 11) is 5.21. The Hall–Kier alpha value is -1.87. The summed E-state index contributed by atoms with van der Waals surface area (Å²) in [4.78, 5) is 37.7. The van der Waals surface area contributed by atoms with E-state index in [4.69, 9.17) is 9.47 Å². The van der Waals surface area contributed by atoms with E-state index in [2.05, 4.69) is 10.6 Å². The van der Waals surface area contributed by atoms with Gasteiger partial charge in [0.15, 0.2) is 0 Å². The lowest BCUT2D eigenvalue weighted by molar-refractivity contribution is -0.250. The second-order valence-electron chi connectivity index (χ2n) is 4.02. The number of ether oxygens (including phenoxy) is 2. The van der Waals surface area contributed by atoms with Crippen LogP contribution >= 0.6 is 0 Å². The van der Waals surface area contributed by atoms with Crippen LogP contribution in [0.5, 0.6) is 0 Å². The van der Waals surface area contributed by atoms with Crippen molar-refractivity contribution in [3.05, 3.63) is 0 Å². The van der Waals surface area contributed by atoms with Crippen molar-refractivity contribution >= 4 is 18.0 Å². The van der Waals surface area contributed by atoms with Gasteiger partial charge in [0.05, 0.1) is 0 Å². The number of hydrogen-bond acceptors (Lipinski definition) is 5. The normalized spacial score (nSPS) is 35.4. The van der Waals surface area contributed by atoms with Crippen molar-refractivity contribution in [3.8, 4) is 0 Å². The lowest BCUT2D eigenvalue weighted by Gasteiger charge is -2.50. The minimum atomic E-state index is -1.81. The molecule has 0 spiro atoms. The molecule has 5 amide bonds. The largest absolute Gasteiger partial charge is 0.345 e.